The van der Waals surface area contributed by atoms with Gasteiger partial charge in [0.25, 0.3) is 0 Å². The van der Waals surface area contributed by atoms with Gasteiger partial charge in [0.1, 0.15) is 17.6 Å². The Labute approximate surface area is 206 Å². The van der Waals surface area contributed by atoms with E-state index in [9.17, 15) is 18.4 Å². The maximum atomic E-state index is 13.5. The summed E-state index contributed by atoms with van der Waals surface area (Å²) in [7, 11) is 0. The van der Waals surface area contributed by atoms with E-state index in [1.165, 1.54) is 17.0 Å². The number of carbonyl (C=O) groups excluding carboxylic acids is 2. The van der Waals surface area contributed by atoms with Gasteiger partial charge in [-0.2, -0.15) is 0 Å². The normalized spacial score (nSPS) is 23.0. The van der Waals surface area contributed by atoms with Crippen LogP contribution in [0.4, 0.5) is 13.6 Å². The van der Waals surface area contributed by atoms with Crippen LogP contribution in [0.3, 0.4) is 0 Å². The van der Waals surface area contributed by atoms with Crippen molar-refractivity contribution in [2.24, 2.45) is 0 Å². The largest absolute Gasteiger partial charge is 0.444 e. The minimum Gasteiger partial charge on any atom is -0.444 e. The SMILES string of the molecule is C=CC1=C(C=C)[C@H](c2ccc(F)cc2)N(C=O)CC1.C[C@@H]1OCCN(C(=O)OC(C)(C)C)CC1F. The fourth-order valence-corrected chi connectivity index (χ4v) is 3.87. The third-order valence-electron chi connectivity index (χ3n) is 5.72. The van der Waals surface area contributed by atoms with Gasteiger partial charge in [-0.05, 0) is 63.0 Å². The predicted octanol–water partition coefficient (Wildman–Crippen LogP) is 5.38. The molecule has 1 unspecified atom stereocenters. The summed E-state index contributed by atoms with van der Waals surface area (Å²) in [5.41, 5.74) is 2.37. The van der Waals surface area contributed by atoms with E-state index in [0.29, 0.717) is 19.7 Å². The van der Waals surface area contributed by atoms with Crippen molar-refractivity contribution in [3.8, 4) is 0 Å². The first-order valence-corrected chi connectivity index (χ1v) is 11.7. The van der Waals surface area contributed by atoms with E-state index in [2.05, 4.69) is 13.2 Å². The molecule has 1 saturated heterocycles. The van der Waals surface area contributed by atoms with Crippen molar-refractivity contribution < 1.29 is 27.8 Å². The summed E-state index contributed by atoms with van der Waals surface area (Å²) in [5, 5.41) is 0. The molecule has 1 fully saturated rings. The topological polar surface area (TPSA) is 59.1 Å². The summed E-state index contributed by atoms with van der Waals surface area (Å²) < 4.78 is 36.9. The number of hydrogen-bond acceptors (Lipinski definition) is 4. The lowest BCUT2D eigenvalue weighted by Crippen LogP contribution is -2.41. The fourth-order valence-electron chi connectivity index (χ4n) is 3.87. The van der Waals surface area contributed by atoms with Crippen LogP contribution >= 0.6 is 0 Å². The molecule has 0 N–H and O–H groups in total. The average molecular weight is 491 g/mol. The highest BCUT2D eigenvalue weighted by molar-refractivity contribution is 5.68. The minimum absolute atomic E-state index is 0.0378. The van der Waals surface area contributed by atoms with Crippen molar-refractivity contribution in [2.45, 2.75) is 58.0 Å². The predicted molar refractivity (Wildman–Crippen MR) is 132 cm³/mol. The molecule has 8 heteroatoms. The van der Waals surface area contributed by atoms with Crippen molar-refractivity contribution in [3.63, 3.8) is 0 Å². The maximum Gasteiger partial charge on any atom is 0.410 e. The Morgan fingerprint density at radius 1 is 1.17 bits per heavy atom. The molecule has 0 aromatic heterocycles. The highest BCUT2D eigenvalue weighted by Crippen LogP contribution is 2.35. The summed E-state index contributed by atoms with van der Waals surface area (Å²) in [6, 6.07) is 6.00. The Hall–Kier alpha value is -3.00. The molecule has 2 aliphatic heterocycles. The van der Waals surface area contributed by atoms with Gasteiger partial charge in [0.15, 0.2) is 0 Å². The van der Waals surface area contributed by atoms with Crippen molar-refractivity contribution in [2.75, 3.05) is 26.2 Å². The van der Waals surface area contributed by atoms with E-state index in [4.69, 9.17) is 9.47 Å². The van der Waals surface area contributed by atoms with E-state index < -0.39 is 24.0 Å². The number of alkyl halides is 1. The van der Waals surface area contributed by atoms with Crippen LogP contribution < -0.4 is 0 Å². The first kappa shape index (κ1) is 28.2. The highest BCUT2D eigenvalue weighted by Gasteiger charge is 2.30. The summed E-state index contributed by atoms with van der Waals surface area (Å²) in [6.07, 6.45) is 3.05. The van der Waals surface area contributed by atoms with E-state index in [1.54, 1.807) is 56.9 Å². The van der Waals surface area contributed by atoms with Gasteiger partial charge >= 0.3 is 6.09 Å². The number of carbonyl (C=O) groups is 2. The van der Waals surface area contributed by atoms with Gasteiger partial charge in [-0.1, -0.05) is 37.4 Å². The summed E-state index contributed by atoms with van der Waals surface area (Å²) in [4.78, 5) is 26.0. The molecule has 2 amide bonds. The van der Waals surface area contributed by atoms with Gasteiger partial charge in [0.05, 0.1) is 25.3 Å². The fraction of sp³-hybridized carbons (Fsp3) is 0.481. The standard InChI is InChI=1S/C16H16FNO.C11H20FNO3/c1-3-12-9-10-18(11-19)16(15(12)4-2)13-5-7-14(17)8-6-13;1-8-9(12)7-13(5-6-15-8)10(14)16-11(2,3)4/h3-8,11,16H,1-2,9-10H2;8-9H,5-7H2,1-4H3/t16-;8-,9?/m00/s1. The third-order valence-corrected chi connectivity index (χ3v) is 5.72. The van der Waals surface area contributed by atoms with Crippen molar-refractivity contribution in [1.82, 2.24) is 9.80 Å². The third kappa shape index (κ3) is 8.02. The molecule has 0 spiro atoms. The van der Waals surface area contributed by atoms with E-state index in [-0.39, 0.29) is 18.4 Å². The zero-order valence-electron chi connectivity index (χ0n) is 21.0. The summed E-state index contributed by atoms with van der Waals surface area (Å²) in [5.74, 6) is -0.287. The Bertz CT molecular complexity index is 924. The van der Waals surface area contributed by atoms with Crippen LogP contribution in [0.1, 0.15) is 45.7 Å². The lowest BCUT2D eigenvalue weighted by atomic mass is 9.88. The van der Waals surface area contributed by atoms with Crippen LogP contribution in [-0.4, -0.2) is 66.4 Å². The van der Waals surface area contributed by atoms with Crippen molar-refractivity contribution in [3.05, 3.63) is 72.1 Å². The number of amides is 2. The second-order valence-electron chi connectivity index (χ2n) is 9.45. The van der Waals surface area contributed by atoms with Crippen LogP contribution in [0.25, 0.3) is 0 Å². The van der Waals surface area contributed by atoms with Gasteiger partial charge in [-0.3, -0.25) is 4.79 Å². The lowest BCUT2D eigenvalue weighted by Gasteiger charge is -2.35. The highest BCUT2D eigenvalue weighted by atomic mass is 19.1. The van der Waals surface area contributed by atoms with E-state index in [1.807, 2.05) is 0 Å². The van der Waals surface area contributed by atoms with Gasteiger partial charge in [-0.15, -0.1) is 0 Å². The molecule has 0 bridgehead atoms. The number of allylic oxidation sites excluding steroid dienone is 1. The molecule has 0 saturated carbocycles. The van der Waals surface area contributed by atoms with Crippen molar-refractivity contribution >= 4 is 12.5 Å². The lowest BCUT2D eigenvalue weighted by molar-refractivity contribution is -0.119. The van der Waals surface area contributed by atoms with Crippen LogP contribution in [-0.2, 0) is 14.3 Å². The molecule has 3 atom stereocenters. The zero-order valence-corrected chi connectivity index (χ0v) is 21.0. The first-order chi connectivity index (χ1) is 16.5. The minimum atomic E-state index is -1.16. The molecule has 1 aromatic carbocycles. The summed E-state index contributed by atoms with van der Waals surface area (Å²) >= 11 is 0. The molecule has 0 aliphatic carbocycles. The second-order valence-corrected chi connectivity index (χ2v) is 9.45. The number of ether oxygens (including phenoxy) is 2. The number of halogens is 2. The van der Waals surface area contributed by atoms with Gasteiger partial charge in [-0.25, -0.2) is 13.6 Å². The first-order valence-electron chi connectivity index (χ1n) is 11.7. The Morgan fingerprint density at radius 3 is 2.37 bits per heavy atom. The molecule has 1 aromatic rings. The number of nitrogens with zero attached hydrogens (tertiary/aromatic N) is 2. The van der Waals surface area contributed by atoms with Crippen LogP contribution in [0.2, 0.25) is 0 Å². The Balaban J connectivity index is 0.000000251. The second kappa shape index (κ2) is 12.6. The Kier molecular flexibility index (Phi) is 10.2. The molecule has 2 heterocycles. The molecule has 2 aliphatic rings. The average Bonchev–Trinajstić information content (AvgIpc) is 2.98. The Morgan fingerprint density at radius 2 is 1.83 bits per heavy atom. The summed E-state index contributed by atoms with van der Waals surface area (Å²) in [6.45, 7) is 16.0. The van der Waals surface area contributed by atoms with Crippen LogP contribution in [0.5, 0.6) is 0 Å². The van der Waals surface area contributed by atoms with Gasteiger partial charge in [0, 0.05) is 13.1 Å². The number of hydrogen-bond donors (Lipinski definition) is 0. The van der Waals surface area contributed by atoms with Gasteiger partial charge < -0.3 is 19.3 Å². The van der Waals surface area contributed by atoms with E-state index in [0.717, 1.165) is 29.5 Å². The maximum absolute atomic E-state index is 13.5. The van der Waals surface area contributed by atoms with E-state index >= 15 is 0 Å². The van der Waals surface area contributed by atoms with Crippen LogP contribution in [0, 0.1) is 5.82 Å². The zero-order chi connectivity index (χ0) is 26.2. The molecule has 192 valence electrons. The molecule has 0 radical (unpaired) electrons. The molecular weight excluding hydrogens is 454 g/mol. The molecule has 35 heavy (non-hydrogen) atoms. The molecule has 6 nitrogen and oxygen atoms in total. The number of benzene rings is 1. The quantitative estimate of drug-likeness (QED) is 0.532. The van der Waals surface area contributed by atoms with Crippen molar-refractivity contribution in [1.29, 1.82) is 0 Å². The smallest absolute Gasteiger partial charge is 0.410 e. The monoisotopic (exact) mass is 490 g/mol. The number of rotatable bonds is 4. The van der Waals surface area contributed by atoms with Crippen LogP contribution in [0.15, 0.2) is 60.7 Å². The van der Waals surface area contributed by atoms with Gasteiger partial charge in [0.2, 0.25) is 6.41 Å². The molecule has 3 rings (SSSR count). The molecular formula is C27H36F2N2O4.